The minimum absolute atomic E-state index is 0.0932. The van der Waals surface area contributed by atoms with E-state index < -0.39 is 6.17 Å². The van der Waals surface area contributed by atoms with Crippen molar-refractivity contribution in [3.8, 4) is 0 Å². The molecule has 1 aromatic rings. The predicted molar refractivity (Wildman–Crippen MR) is 84.3 cm³/mol. The lowest BCUT2D eigenvalue weighted by Gasteiger charge is -2.30. The molecule has 0 radical (unpaired) electrons. The summed E-state index contributed by atoms with van der Waals surface area (Å²) in [5, 5.41) is 3.15. The zero-order valence-electron chi connectivity index (χ0n) is 12.5. The first-order chi connectivity index (χ1) is 10.4. The fourth-order valence-corrected chi connectivity index (χ4v) is 2.75. The molecule has 118 valence electrons. The first-order valence-corrected chi connectivity index (χ1v) is 7.48. The van der Waals surface area contributed by atoms with Crippen molar-refractivity contribution in [3.63, 3.8) is 0 Å². The summed E-state index contributed by atoms with van der Waals surface area (Å²) in [6, 6.07) is 5.78. The molecule has 5 nitrogen and oxygen atoms in total. The maximum Gasteiger partial charge on any atom is 0.248 e. The Morgan fingerprint density at radius 2 is 2.05 bits per heavy atom. The number of benzene rings is 1. The third kappa shape index (κ3) is 3.41. The zero-order valence-corrected chi connectivity index (χ0v) is 13.3. The number of nitrogens with zero attached hydrogens (tertiary/aromatic N) is 2. The first-order valence-electron chi connectivity index (χ1n) is 7.07. The van der Waals surface area contributed by atoms with E-state index in [2.05, 4.69) is 5.32 Å². The van der Waals surface area contributed by atoms with Crippen LogP contribution in [0.3, 0.4) is 0 Å². The maximum atomic E-state index is 13.1. The van der Waals surface area contributed by atoms with Gasteiger partial charge in [0.25, 0.3) is 0 Å². The number of halogens is 1. The summed E-state index contributed by atoms with van der Waals surface area (Å²) in [5.41, 5.74) is 0.671. The molecule has 1 heterocycles. The lowest BCUT2D eigenvalue weighted by atomic mass is 10.1. The van der Waals surface area contributed by atoms with Gasteiger partial charge in [0.15, 0.2) is 5.11 Å². The molecule has 22 heavy (non-hydrogen) atoms. The smallest absolute Gasteiger partial charge is 0.248 e. The molecule has 2 amide bonds. The van der Waals surface area contributed by atoms with Crippen LogP contribution in [0.5, 0.6) is 0 Å². The lowest BCUT2D eigenvalue weighted by Crippen LogP contribution is -2.43. The van der Waals surface area contributed by atoms with Crippen molar-refractivity contribution in [2.75, 3.05) is 13.1 Å². The van der Waals surface area contributed by atoms with E-state index in [0.717, 1.165) is 6.42 Å². The van der Waals surface area contributed by atoms with Crippen LogP contribution >= 0.6 is 12.2 Å². The van der Waals surface area contributed by atoms with Crippen LogP contribution in [0.1, 0.15) is 32.0 Å². The SMILES string of the molecule is CCCN1C(=O)CN(C(NC(C)=O)c2ccc(F)cc2)C1=S. The van der Waals surface area contributed by atoms with Crippen LogP contribution in [0.25, 0.3) is 0 Å². The quantitative estimate of drug-likeness (QED) is 0.840. The minimum atomic E-state index is -0.587. The Labute approximate surface area is 134 Å². The highest BCUT2D eigenvalue weighted by Crippen LogP contribution is 2.24. The minimum Gasteiger partial charge on any atom is -0.332 e. The van der Waals surface area contributed by atoms with Gasteiger partial charge >= 0.3 is 0 Å². The second kappa shape index (κ2) is 6.83. The van der Waals surface area contributed by atoms with E-state index in [-0.39, 0.29) is 24.2 Å². The van der Waals surface area contributed by atoms with Crippen molar-refractivity contribution >= 4 is 29.1 Å². The van der Waals surface area contributed by atoms with E-state index in [4.69, 9.17) is 12.2 Å². The number of thiocarbonyl (C=S) groups is 1. The average molecular weight is 323 g/mol. The Hall–Kier alpha value is -2.02. The molecule has 0 spiro atoms. The van der Waals surface area contributed by atoms with E-state index in [1.807, 2.05) is 6.92 Å². The molecular formula is C15H18FN3O2S. The van der Waals surface area contributed by atoms with Gasteiger partial charge in [0.1, 0.15) is 18.5 Å². The highest BCUT2D eigenvalue weighted by Gasteiger charge is 2.37. The molecular weight excluding hydrogens is 305 g/mol. The van der Waals surface area contributed by atoms with Gasteiger partial charge in [0, 0.05) is 13.5 Å². The number of rotatable bonds is 5. The molecule has 1 aromatic carbocycles. The third-order valence-electron chi connectivity index (χ3n) is 3.37. The summed E-state index contributed by atoms with van der Waals surface area (Å²) < 4.78 is 13.1. The number of amides is 2. The van der Waals surface area contributed by atoms with Gasteiger partial charge in [-0.25, -0.2) is 4.39 Å². The van der Waals surface area contributed by atoms with Crippen LogP contribution in [0.15, 0.2) is 24.3 Å². The average Bonchev–Trinajstić information content (AvgIpc) is 2.74. The molecule has 2 rings (SSSR count). The second-order valence-electron chi connectivity index (χ2n) is 5.11. The number of hydrogen-bond acceptors (Lipinski definition) is 3. The van der Waals surface area contributed by atoms with Gasteiger partial charge in [0.05, 0.1) is 0 Å². The van der Waals surface area contributed by atoms with Gasteiger partial charge in [-0.2, -0.15) is 0 Å². The van der Waals surface area contributed by atoms with Crippen molar-refractivity contribution in [1.29, 1.82) is 0 Å². The number of nitrogens with one attached hydrogen (secondary N) is 1. The van der Waals surface area contributed by atoms with Crippen molar-refractivity contribution in [1.82, 2.24) is 15.1 Å². The summed E-state index contributed by atoms with van der Waals surface area (Å²) in [6.07, 6.45) is 0.206. The standard InChI is InChI=1S/C15H18FN3O2S/c1-3-8-18-13(21)9-19(15(18)22)14(17-10(2)20)11-4-6-12(16)7-5-11/h4-7,14H,3,8-9H2,1-2H3,(H,17,20). The molecule has 1 fully saturated rings. The van der Waals surface area contributed by atoms with E-state index in [1.54, 1.807) is 17.0 Å². The molecule has 1 aliphatic heterocycles. The van der Waals surface area contributed by atoms with Gasteiger partial charge in [0.2, 0.25) is 11.8 Å². The lowest BCUT2D eigenvalue weighted by molar-refractivity contribution is -0.126. The van der Waals surface area contributed by atoms with Gasteiger partial charge in [-0.05, 0) is 36.3 Å². The van der Waals surface area contributed by atoms with Crippen LogP contribution in [0, 0.1) is 5.82 Å². The van der Waals surface area contributed by atoms with Crippen molar-refractivity contribution in [2.45, 2.75) is 26.4 Å². The van der Waals surface area contributed by atoms with Crippen LogP contribution in [0.4, 0.5) is 4.39 Å². The largest absolute Gasteiger partial charge is 0.332 e. The number of hydrogen-bond donors (Lipinski definition) is 1. The van der Waals surface area contributed by atoms with E-state index in [0.29, 0.717) is 17.2 Å². The molecule has 1 saturated heterocycles. The monoisotopic (exact) mass is 323 g/mol. The Kier molecular flexibility index (Phi) is 5.07. The summed E-state index contributed by atoms with van der Waals surface area (Å²) in [7, 11) is 0. The van der Waals surface area contributed by atoms with Crippen LogP contribution < -0.4 is 5.32 Å². The fraction of sp³-hybridized carbons (Fsp3) is 0.400. The topological polar surface area (TPSA) is 52.7 Å². The summed E-state index contributed by atoms with van der Waals surface area (Å²) in [6.45, 7) is 4.00. The van der Waals surface area contributed by atoms with Gasteiger partial charge in [-0.15, -0.1) is 0 Å². The van der Waals surface area contributed by atoms with E-state index in [9.17, 15) is 14.0 Å². The Bertz CT molecular complexity index is 591. The summed E-state index contributed by atoms with van der Waals surface area (Å²) >= 11 is 5.36. The van der Waals surface area contributed by atoms with Gasteiger partial charge < -0.3 is 10.2 Å². The van der Waals surface area contributed by atoms with Crippen LogP contribution in [-0.2, 0) is 9.59 Å². The molecule has 1 N–H and O–H groups in total. The molecule has 0 aliphatic carbocycles. The molecule has 1 aliphatic rings. The van der Waals surface area contributed by atoms with Crippen LogP contribution in [-0.4, -0.2) is 39.8 Å². The normalized spacial score (nSPS) is 16.1. The van der Waals surface area contributed by atoms with Gasteiger partial charge in [-0.1, -0.05) is 19.1 Å². The highest BCUT2D eigenvalue weighted by molar-refractivity contribution is 7.80. The van der Waals surface area contributed by atoms with Crippen molar-refractivity contribution in [3.05, 3.63) is 35.6 Å². The van der Waals surface area contributed by atoms with E-state index in [1.165, 1.54) is 24.0 Å². The molecule has 7 heteroatoms. The fourth-order valence-electron chi connectivity index (χ4n) is 2.38. The zero-order chi connectivity index (χ0) is 16.3. The molecule has 1 unspecified atom stereocenters. The molecule has 1 atom stereocenters. The number of carbonyl (C=O) groups is 2. The van der Waals surface area contributed by atoms with Gasteiger partial charge in [-0.3, -0.25) is 14.5 Å². The van der Waals surface area contributed by atoms with E-state index >= 15 is 0 Å². The third-order valence-corrected chi connectivity index (χ3v) is 3.82. The van der Waals surface area contributed by atoms with Crippen molar-refractivity contribution in [2.24, 2.45) is 0 Å². The summed E-state index contributed by atoms with van der Waals surface area (Å²) in [4.78, 5) is 26.8. The Morgan fingerprint density at radius 3 is 2.59 bits per heavy atom. The van der Waals surface area contributed by atoms with Crippen LogP contribution in [0.2, 0.25) is 0 Å². The molecule has 0 bridgehead atoms. The molecule has 0 saturated carbocycles. The predicted octanol–water partition coefficient (Wildman–Crippen LogP) is 1.80. The number of carbonyl (C=O) groups excluding carboxylic acids is 2. The summed E-state index contributed by atoms with van der Waals surface area (Å²) in [5.74, 6) is -0.708. The molecule has 0 aromatic heterocycles. The first kappa shape index (κ1) is 16.4. The van der Waals surface area contributed by atoms with Crippen molar-refractivity contribution < 1.29 is 14.0 Å². The maximum absolute atomic E-state index is 13.1. The Balaban J connectivity index is 2.30. The Morgan fingerprint density at radius 1 is 1.41 bits per heavy atom. The highest BCUT2D eigenvalue weighted by atomic mass is 32.1. The second-order valence-corrected chi connectivity index (χ2v) is 5.48.